The van der Waals surface area contributed by atoms with Gasteiger partial charge in [0, 0.05) is 11.8 Å². The van der Waals surface area contributed by atoms with Crippen molar-refractivity contribution in [1.82, 2.24) is 15.4 Å². The van der Waals surface area contributed by atoms with Crippen LogP contribution in [-0.4, -0.2) is 15.4 Å². The highest BCUT2D eigenvalue weighted by Gasteiger charge is 2.12. The molecule has 92 valence electrons. The van der Waals surface area contributed by atoms with Crippen molar-refractivity contribution in [3.05, 3.63) is 34.3 Å². The molecular formula is C12H12N4OS. The van der Waals surface area contributed by atoms with E-state index in [2.05, 4.69) is 21.4 Å². The van der Waals surface area contributed by atoms with E-state index in [1.165, 1.54) is 11.8 Å². The molecule has 2 aromatic heterocycles. The minimum atomic E-state index is 0.590. The number of aromatic nitrogens is 3. The standard InChI is InChI=1S/C12H12N4OS/c1-7-4-10(16-17-7)6-18-12-11(5-13)8(2)9(3)14-15-12/h4H,6H2,1-3H3. The summed E-state index contributed by atoms with van der Waals surface area (Å²) in [5.41, 5.74) is 3.09. The number of nitriles is 1. The van der Waals surface area contributed by atoms with E-state index in [0.717, 1.165) is 22.7 Å². The molecule has 0 bridgehead atoms. The molecule has 2 aromatic rings. The van der Waals surface area contributed by atoms with Gasteiger partial charge in [-0.1, -0.05) is 16.9 Å². The van der Waals surface area contributed by atoms with Crippen LogP contribution in [0.3, 0.4) is 0 Å². The van der Waals surface area contributed by atoms with Gasteiger partial charge in [-0.25, -0.2) is 0 Å². The first-order valence-electron chi connectivity index (χ1n) is 5.40. The van der Waals surface area contributed by atoms with Crippen LogP contribution in [0.5, 0.6) is 0 Å². The molecule has 0 radical (unpaired) electrons. The summed E-state index contributed by atoms with van der Waals surface area (Å²) in [5, 5.41) is 21.8. The zero-order chi connectivity index (χ0) is 13.1. The van der Waals surface area contributed by atoms with Crippen molar-refractivity contribution in [3.8, 4) is 6.07 Å². The first-order valence-corrected chi connectivity index (χ1v) is 6.39. The summed E-state index contributed by atoms with van der Waals surface area (Å²) in [4.78, 5) is 0. The lowest BCUT2D eigenvalue weighted by Gasteiger charge is -2.05. The van der Waals surface area contributed by atoms with Gasteiger partial charge in [-0.15, -0.1) is 5.10 Å². The summed E-state index contributed by atoms with van der Waals surface area (Å²) >= 11 is 1.44. The molecule has 2 rings (SSSR count). The summed E-state index contributed by atoms with van der Waals surface area (Å²) in [6.45, 7) is 5.57. The highest BCUT2D eigenvalue weighted by molar-refractivity contribution is 7.98. The summed E-state index contributed by atoms with van der Waals surface area (Å²) in [6, 6.07) is 4.05. The molecule has 0 unspecified atom stereocenters. The van der Waals surface area contributed by atoms with Crippen molar-refractivity contribution in [2.75, 3.05) is 0 Å². The van der Waals surface area contributed by atoms with Gasteiger partial charge >= 0.3 is 0 Å². The lowest BCUT2D eigenvalue weighted by Crippen LogP contribution is -1.99. The second kappa shape index (κ2) is 5.19. The first-order chi connectivity index (χ1) is 8.61. The number of nitrogens with zero attached hydrogens (tertiary/aromatic N) is 4. The third-order valence-corrected chi connectivity index (χ3v) is 3.57. The molecule has 0 aliphatic heterocycles. The predicted molar refractivity (Wildman–Crippen MR) is 67.0 cm³/mol. The van der Waals surface area contributed by atoms with Crippen molar-refractivity contribution in [3.63, 3.8) is 0 Å². The number of aryl methyl sites for hydroxylation is 2. The fraction of sp³-hybridized carbons (Fsp3) is 0.333. The van der Waals surface area contributed by atoms with Gasteiger partial charge in [0.25, 0.3) is 0 Å². The average molecular weight is 260 g/mol. The summed E-state index contributed by atoms with van der Waals surface area (Å²) < 4.78 is 4.99. The molecule has 18 heavy (non-hydrogen) atoms. The van der Waals surface area contributed by atoms with Gasteiger partial charge in [0.15, 0.2) is 0 Å². The molecule has 0 N–H and O–H groups in total. The predicted octanol–water partition coefficient (Wildman–Crippen LogP) is 2.55. The van der Waals surface area contributed by atoms with E-state index in [9.17, 15) is 0 Å². The van der Waals surface area contributed by atoms with E-state index in [1.54, 1.807) is 0 Å². The third kappa shape index (κ3) is 2.51. The second-order valence-corrected chi connectivity index (χ2v) is 4.88. The molecule has 5 nitrogen and oxygen atoms in total. The van der Waals surface area contributed by atoms with Crippen LogP contribution in [0, 0.1) is 32.1 Å². The molecular weight excluding hydrogens is 248 g/mol. The Morgan fingerprint density at radius 3 is 2.72 bits per heavy atom. The lowest BCUT2D eigenvalue weighted by atomic mass is 10.1. The van der Waals surface area contributed by atoms with Crippen molar-refractivity contribution in [2.24, 2.45) is 0 Å². The number of thioether (sulfide) groups is 1. The van der Waals surface area contributed by atoms with Gasteiger partial charge in [-0.2, -0.15) is 10.4 Å². The van der Waals surface area contributed by atoms with Crippen LogP contribution in [0.15, 0.2) is 15.6 Å². The molecule has 0 saturated carbocycles. The van der Waals surface area contributed by atoms with Crippen LogP contribution in [-0.2, 0) is 5.75 Å². The van der Waals surface area contributed by atoms with E-state index in [1.807, 2.05) is 26.8 Å². The van der Waals surface area contributed by atoms with Gasteiger partial charge < -0.3 is 4.52 Å². The van der Waals surface area contributed by atoms with Gasteiger partial charge in [0.05, 0.1) is 17.0 Å². The molecule has 0 aromatic carbocycles. The van der Waals surface area contributed by atoms with E-state index < -0.39 is 0 Å². The van der Waals surface area contributed by atoms with Crippen LogP contribution >= 0.6 is 11.8 Å². The number of rotatable bonds is 3. The largest absolute Gasteiger partial charge is 0.361 e. The minimum absolute atomic E-state index is 0.590. The molecule has 0 spiro atoms. The van der Waals surface area contributed by atoms with Crippen LogP contribution in [0.25, 0.3) is 0 Å². The first kappa shape index (κ1) is 12.6. The minimum Gasteiger partial charge on any atom is -0.361 e. The number of hydrogen-bond acceptors (Lipinski definition) is 6. The summed E-state index contributed by atoms with van der Waals surface area (Å²) in [7, 11) is 0. The fourth-order valence-electron chi connectivity index (χ4n) is 1.45. The Labute approximate surface area is 109 Å². The lowest BCUT2D eigenvalue weighted by molar-refractivity contribution is 0.393. The maximum absolute atomic E-state index is 9.16. The van der Waals surface area contributed by atoms with Gasteiger partial charge in [-0.05, 0) is 26.3 Å². The Morgan fingerprint density at radius 1 is 1.33 bits per heavy atom. The SMILES string of the molecule is Cc1cc(CSc2nnc(C)c(C)c2C#N)no1. The van der Waals surface area contributed by atoms with E-state index in [4.69, 9.17) is 9.78 Å². The summed E-state index contributed by atoms with van der Waals surface area (Å²) in [6.07, 6.45) is 0. The van der Waals surface area contributed by atoms with E-state index >= 15 is 0 Å². The number of hydrogen-bond donors (Lipinski definition) is 0. The zero-order valence-corrected chi connectivity index (χ0v) is 11.2. The van der Waals surface area contributed by atoms with Gasteiger partial charge in [-0.3, -0.25) is 0 Å². The quantitative estimate of drug-likeness (QED) is 0.789. The topological polar surface area (TPSA) is 75.6 Å². The Kier molecular flexibility index (Phi) is 3.63. The van der Waals surface area contributed by atoms with Gasteiger partial charge in [0.2, 0.25) is 0 Å². The molecule has 0 aliphatic rings. The molecule has 0 amide bonds. The Balaban J connectivity index is 2.20. The normalized spacial score (nSPS) is 10.3. The second-order valence-electron chi connectivity index (χ2n) is 3.92. The maximum atomic E-state index is 9.16. The summed E-state index contributed by atoms with van der Waals surface area (Å²) in [5.74, 6) is 1.39. The molecule has 0 aliphatic carbocycles. The molecule has 6 heteroatoms. The highest BCUT2D eigenvalue weighted by Crippen LogP contribution is 2.25. The van der Waals surface area contributed by atoms with Crippen molar-refractivity contribution >= 4 is 11.8 Å². The Bertz CT molecular complexity index is 615. The van der Waals surface area contributed by atoms with Crippen molar-refractivity contribution in [2.45, 2.75) is 31.6 Å². The van der Waals surface area contributed by atoms with Crippen LogP contribution in [0.1, 0.15) is 28.3 Å². The Hall–Kier alpha value is -1.87. The Morgan fingerprint density at radius 2 is 2.11 bits per heavy atom. The van der Waals surface area contributed by atoms with Crippen LogP contribution in [0.4, 0.5) is 0 Å². The smallest absolute Gasteiger partial charge is 0.137 e. The molecule has 2 heterocycles. The average Bonchev–Trinajstić information content (AvgIpc) is 2.77. The van der Waals surface area contributed by atoms with Crippen LogP contribution < -0.4 is 0 Å². The maximum Gasteiger partial charge on any atom is 0.137 e. The van der Waals surface area contributed by atoms with E-state index in [-0.39, 0.29) is 0 Å². The highest BCUT2D eigenvalue weighted by atomic mass is 32.2. The van der Waals surface area contributed by atoms with Crippen LogP contribution in [0.2, 0.25) is 0 Å². The molecule has 0 atom stereocenters. The van der Waals surface area contributed by atoms with Gasteiger partial charge in [0.1, 0.15) is 16.9 Å². The molecule has 0 fully saturated rings. The monoisotopic (exact) mass is 260 g/mol. The molecule has 0 saturated heterocycles. The third-order valence-electron chi connectivity index (χ3n) is 2.57. The van der Waals surface area contributed by atoms with Crippen molar-refractivity contribution < 1.29 is 4.52 Å². The van der Waals surface area contributed by atoms with E-state index in [0.29, 0.717) is 16.3 Å². The fourth-order valence-corrected chi connectivity index (χ4v) is 2.31. The zero-order valence-electron chi connectivity index (χ0n) is 10.4. The van der Waals surface area contributed by atoms with Crippen molar-refractivity contribution in [1.29, 1.82) is 5.26 Å².